The van der Waals surface area contributed by atoms with Gasteiger partial charge in [-0.3, -0.25) is 4.79 Å². The van der Waals surface area contributed by atoms with E-state index >= 15 is 0 Å². The quantitative estimate of drug-likeness (QED) is 0.647. The van der Waals surface area contributed by atoms with Crippen LogP contribution in [-0.4, -0.2) is 13.1 Å². The lowest BCUT2D eigenvalue weighted by Gasteiger charge is -2.07. The van der Waals surface area contributed by atoms with Gasteiger partial charge in [-0.1, -0.05) is 60.7 Å². The molecule has 0 saturated heterocycles. The molecule has 0 aliphatic heterocycles. The maximum atomic E-state index is 11.8. The Morgan fingerprint density at radius 3 is 2.14 bits per heavy atom. The number of hydrogen-bond donors (Lipinski definition) is 0. The minimum Gasteiger partial charge on any atom is -0.469 e. The van der Waals surface area contributed by atoms with Gasteiger partial charge in [0.1, 0.15) is 0 Å². The van der Waals surface area contributed by atoms with Gasteiger partial charge in [0.15, 0.2) is 0 Å². The van der Waals surface area contributed by atoms with Crippen LogP contribution in [0.4, 0.5) is 0 Å². The molecule has 1 aromatic heterocycles. The third-order valence-corrected chi connectivity index (χ3v) is 4.63. The lowest BCUT2D eigenvalue weighted by Crippen LogP contribution is -2.05. The van der Waals surface area contributed by atoms with Crippen LogP contribution in [-0.2, 0) is 16.0 Å². The topological polar surface area (TPSA) is 26.3 Å². The molecule has 0 atom stereocenters. The largest absolute Gasteiger partial charge is 0.469 e. The fourth-order valence-electron chi connectivity index (χ4n) is 2.47. The summed E-state index contributed by atoms with van der Waals surface area (Å²) in [6.07, 6.45) is 0.286. The Kier molecular flexibility index (Phi) is 4.35. The summed E-state index contributed by atoms with van der Waals surface area (Å²) in [7, 11) is 1.43. The second-order valence-corrected chi connectivity index (χ2v) is 5.82. The number of hydrogen-bond acceptors (Lipinski definition) is 3. The predicted octanol–water partition coefficient (Wildman–Crippen LogP) is 4.80. The maximum absolute atomic E-state index is 11.8. The van der Waals surface area contributed by atoms with Crippen molar-refractivity contribution in [2.75, 3.05) is 7.11 Å². The van der Waals surface area contributed by atoms with Gasteiger partial charge in [-0.05, 0) is 27.6 Å². The van der Waals surface area contributed by atoms with E-state index in [-0.39, 0.29) is 12.4 Å². The summed E-state index contributed by atoms with van der Waals surface area (Å²) in [5, 5.41) is 2.12. The molecule has 3 heteroatoms. The van der Waals surface area contributed by atoms with Gasteiger partial charge in [-0.25, -0.2) is 0 Å². The molecule has 22 heavy (non-hydrogen) atoms. The second-order valence-electron chi connectivity index (χ2n) is 4.94. The van der Waals surface area contributed by atoms with Crippen LogP contribution in [0.2, 0.25) is 0 Å². The van der Waals surface area contributed by atoms with Crippen molar-refractivity contribution >= 4 is 17.3 Å². The van der Waals surface area contributed by atoms with Gasteiger partial charge in [-0.15, -0.1) is 11.3 Å². The first kappa shape index (κ1) is 14.5. The summed E-state index contributed by atoms with van der Waals surface area (Å²) in [5.41, 5.74) is 4.40. The highest BCUT2D eigenvalue weighted by atomic mass is 32.1. The van der Waals surface area contributed by atoms with Gasteiger partial charge in [0.2, 0.25) is 0 Å². The zero-order valence-electron chi connectivity index (χ0n) is 12.3. The van der Waals surface area contributed by atoms with Gasteiger partial charge in [-0.2, -0.15) is 0 Å². The number of ether oxygens (including phenoxy) is 1. The van der Waals surface area contributed by atoms with Crippen LogP contribution in [0.15, 0.2) is 66.0 Å². The molecule has 3 rings (SSSR count). The SMILES string of the molecule is COC(=O)Cc1c(-c2ccccc2)csc1-c1ccccc1. The summed E-state index contributed by atoms with van der Waals surface area (Å²) in [6, 6.07) is 20.3. The van der Waals surface area contributed by atoms with Crippen LogP contribution in [0.3, 0.4) is 0 Å². The van der Waals surface area contributed by atoms with E-state index in [2.05, 4.69) is 29.6 Å². The van der Waals surface area contributed by atoms with Gasteiger partial charge in [0.05, 0.1) is 13.5 Å². The third-order valence-electron chi connectivity index (χ3n) is 3.56. The normalized spacial score (nSPS) is 10.4. The average molecular weight is 308 g/mol. The molecule has 0 bridgehead atoms. The van der Waals surface area contributed by atoms with Crippen molar-refractivity contribution in [1.82, 2.24) is 0 Å². The van der Waals surface area contributed by atoms with E-state index in [0.717, 1.165) is 27.1 Å². The Hall–Kier alpha value is -2.39. The van der Waals surface area contributed by atoms with E-state index in [0.29, 0.717) is 0 Å². The van der Waals surface area contributed by atoms with Crippen molar-refractivity contribution in [2.45, 2.75) is 6.42 Å². The van der Waals surface area contributed by atoms with E-state index < -0.39 is 0 Å². The summed E-state index contributed by atoms with van der Waals surface area (Å²) in [5.74, 6) is -0.215. The standard InChI is InChI=1S/C19H16O2S/c1-21-18(20)12-16-17(14-8-4-2-5-9-14)13-22-19(16)15-10-6-3-7-11-15/h2-11,13H,12H2,1H3. The van der Waals surface area contributed by atoms with E-state index in [1.165, 1.54) is 7.11 Å². The first-order valence-electron chi connectivity index (χ1n) is 7.07. The Morgan fingerprint density at radius 1 is 0.955 bits per heavy atom. The zero-order valence-corrected chi connectivity index (χ0v) is 13.1. The fraction of sp³-hybridized carbons (Fsp3) is 0.105. The molecule has 2 aromatic carbocycles. The van der Waals surface area contributed by atoms with Crippen LogP contribution in [0.1, 0.15) is 5.56 Å². The summed E-state index contributed by atoms with van der Waals surface area (Å²) >= 11 is 1.67. The highest BCUT2D eigenvalue weighted by Crippen LogP contribution is 2.38. The molecule has 0 unspecified atom stereocenters. The molecule has 0 aliphatic carbocycles. The van der Waals surface area contributed by atoms with Crippen LogP contribution in [0.25, 0.3) is 21.6 Å². The van der Waals surface area contributed by atoms with Gasteiger partial charge >= 0.3 is 5.97 Å². The lowest BCUT2D eigenvalue weighted by molar-refractivity contribution is -0.139. The Balaban J connectivity index is 2.12. The number of thiophene rings is 1. The first-order valence-corrected chi connectivity index (χ1v) is 7.95. The number of carbonyl (C=O) groups is 1. The van der Waals surface area contributed by atoms with Gasteiger partial charge in [0.25, 0.3) is 0 Å². The third kappa shape index (κ3) is 2.95. The van der Waals surface area contributed by atoms with Crippen LogP contribution in [0, 0.1) is 0 Å². The molecule has 0 saturated carbocycles. The van der Waals surface area contributed by atoms with Crippen LogP contribution in [0.5, 0.6) is 0 Å². The zero-order chi connectivity index (χ0) is 15.4. The fourth-order valence-corrected chi connectivity index (χ4v) is 3.58. The van der Waals surface area contributed by atoms with E-state index in [1.807, 2.05) is 36.4 Å². The molecular weight excluding hydrogens is 292 g/mol. The molecular formula is C19H16O2S. The van der Waals surface area contributed by atoms with Crippen molar-refractivity contribution in [3.8, 4) is 21.6 Å². The number of methoxy groups -OCH3 is 1. The van der Waals surface area contributed by atoms with Crippen molar-refractivity contribution in [3.63, 3.8) is 0 Å². The maximum Gasteiger partial charge on any atom is 0.310 e. The smallest absolute Gasteiger partial charge is 0.310 e. The minimum absolute atomic E-state index is 0.215. The number of benzene rings is 2. The van der Waals surface area contributed by atoms with Gasteiger partial charge in [0, 0.05) is 4.88 Å². The molecule has 0 aliphatic rings. The number of carbonyl (C=O) groups excluding carboxylic acids is 1. The molecule has 3 aromatic rings. The summed E-state index contributed by atoms with van der Waals surface area (Å²) < 4.78 is 4.87. The Bertz CT molecular complexity index is 704. The molecule has 0 N–H and O–H groups in total. The van der Waals surface area contributed by atoms with Crippen molar-refractivity contribution < 1.29 is 9.53 Å². The van der Waals surface area contributed by atoms with Crippen molar-refractivity contribution in [3.05, 3.63) is 71.6 Å². The highest BCUT2D eigenvalue weighted by molar-refractivity contribution is 7.14. The Labute approximate surface area is 134 Å². The van der Waals surface area contributed by atoms with E-state index in [1.54, 1.807) is 11.3 Å². The van der Waals surface area contributed by atoms with Crippen molar-refractivity contribution in [2.24, 2.45) is 0 Å². The molecule has 0 fully saturated rings. The molecule has 110 valence electrons. The number of rotatable bonds is 4. The summed E-state index contributed by atoms with van der Waals surface area (Å²) in [6.45, 7) is 0. The van der Waals surface area contributed by atoms with E-state index in [9.17, 15) is 4.79 Å². The molecule has 0 radical (unpaired) electrons. The highest BCUT2D eigenvalue weighted by Gasteiger charge is 2.17. The average Bonchev–Trinajstić information content (AvgIpc) is 3.00. The molecule has 0 spiro atoms. The monoisotopic (exact) mass is 308 g/mol. The molecule has 2 nitrogen and oxygen atoms in total. The molecule has 1 heterocycles. The first-order chi connectivity index (χ1) is 10.8. The molecule has 0 amide bonds. The minimum atomic E-state index is -0.215. The van der Waals surface area contributed by atoms with Crippen LogP contribution < -0.4 is 0 Å². The Morgan fingerprint density at radius 2 is 1.55 bits per heavy atom. The van der Waals surface area contributed by atoms with Crippen LogP contribution >= 0.6 is 11.3 Å². The lowest BCUT2D eigenvalue weighted by atomic mass is 9.98. The van der Waals surface area contributed by atoms with Crippen molar-refractivity contribution in [1.29, 1.82) is 0 Å². The number of esters is 1. The second kappa shape index (κ2) is 6.58. The predicted molar refractivity (Wildman–Crippen MR) is 90.9 cm³/mol. The van der Waals surface area contributed by atoms with Gasteiger partial charge < -0.3 is 4.74 Å². The van der Waals surface area contributed by atoms with E-state index in [4.69, 9.17) is 4.74 Å². The summed E-state index contributed by atoms with van der Waals surface area (Å²) in [4.78, 5) is 13.0.